The van der Waals surface area contributed by atoms with Gasteiger partial charge in [-0.05, 0) is 66.4 Å². The molecule has 0 aliphatic carbocycles. The normalized spacial score (nSPS) is 17.5. The molecular weight excluding hydrogens is 563 g/mol. The van der Waals surface area contributed by atoms with Crippen molar-refractivity contribution < 1.29 is 19.4 Å². The second kappa shape index (κ2) is 11.8. The number of fused-ring (bicyclic) bond motifs is 1. The lowest BCUT2D eigenvalue weighted by Gasteiger charge is -2.35. The van der Waals surface area contributed by atoms with Gasteiger partial charge in [-0.2, -0.15) is 0 Å². The van der Waals surface area contributed by atoms with Crippen LogP contribution in [0.1, 0.15) is 44.1 Å². The molecule has 212 valence electrons. The molecule has 2 aliphatic rings. The Bertz CT molecular complexity index is 1610. The SMILES string of the molecule is O=C(O)c1ccc2nc(CN3CCN(C(=O)c4cccc(Cc5ccc(Cl)cc5Cl)c4)CC3)n(C[C@@H]3CCO3)c2c1. The lowest BCUT2D eigenvalue weighted by atomic mass is 10.0. The number of aromatic nitrogens is 2. The van der Waals surface area contributed by atoms with Crippen LogP contribution in [0.25, 0.3) is 11.0 Å². The first-order valence-electron chi connectivity index (χ1n) is 13.7. The van der Waals surface area contributed by atoms with Crippen molar-refractivity contribution in [2.24, 2.45) is 0 Å². The van der Waals surface area contributed by atoms with E-state index in [0.29, 0.717) is 48.2 Å². The topological polar surface area (TPSA) is 87.9 Å². The summed E-state index contributed by atoms with van der Waals surface area (Å²) >= 11 is 12.4. The largest absolute Gasteiger partial charge is 0.478 e. The highest BCUT2D eigenvalue weighted by Crippen LogP contribution is 2.25. The number of carboxylic acid groups (broad SMARTS) is 1. The molecule has 1 atom stereocenters. The van der Waals surface area contributed by atoms with E-state index in [-0.39, 0.29) is 17.6 Å². The summed E-state index contributed by atoms with van der Waals surface area (Å²) in [6.45, 7) is 4.67. The molecule has 6 rings (SSSR count). The summed E-state index contributed by atoms with van der Waals surface area (Å²) in [5.41, 5.74) is 4.47. The van der Waals surface area contributed by atoms with Crippen molar-refractivity contribution in [3.8, 4) is 0 Å². The Hall–Kier alpha value is -3.43. The van der Waals surface area contributed by atoms with E-state index in [9.17, 15) is 14.7 Å². The highest BCUT2D eigenvalue weighted by atomic mass is 35.5. The molecule has 2 aliphatic heterocycles. The lowest BCUT2D eigenvalue weighted by Crippen LogP contribution is -2.48. The minimum Gasteiger partial charge on any atom is -0.478 e. The Labute approximate surface area is 248 Å². The Morgan fingerprint density at radius 3 is 2.49 bits per heavy atom. The van der Waals surface area contributed by atoms with Gasteiger partial charge in [-0.25, -0.2) is 9.78 Å². The zero-order valence-corrected chi connectivity index (χ0v) is 23.9. The summed E-state index contributed by atoms with van der Waals surface area (Å²) in [5, 5.41) is 10.7. The van der Waals surface area contributed by atoms with Gasteiger partial charge in [0.2, 0.25) is 0 Å². The maximum Gasteiger partial charge on any atom is 0.335 e. The van der Waals surface area contributed by atoms with Gasteiger partial charge in [0.05, 0.1) is 35.8 Å². The van der Waals surface area contributed by atoms with E-state index in [1.165, 1.54) is 0 Å². The molecule has 4 aromatic rings. The van der Waals surface area contributed by atoms with Crippen molar-refractivity contribution >= 4 is 46.1 Å². The van der Waals surface area contributed by atoms with Crippen LogP contribution in [-0.2, 0) is 24.2 Å². The molecule has 1 amide bonds. The van der Waals surface area contributed by atoms with Crippen LogP contribution in [0.5, 0.6) is 0 Å². The first-order chi connectivity index (χ1) is 19.8. The standard InChI is InChI=1S/C31H30Cl2N4O4/c32-24-6-4-21(26(33)17-24)14-20-2-1-3-22(15-20)30(38)36-11-9-35(10-12-36)19-29-34-27-7-5-23(31(39)40)16-28(27)37(29)18-25-8-13-41-25/h1-7,15-17,25H,8-14,18-19H2,(H,39,40)/t25-/m0/s1. The van der Waals surface area contributed by atoms with E-state index < -0.39 is 5.97 Å². The molecule has 41 heavy (non-hydrogen) atoms. The average molecular weight is 594 g/mol. The number of carboxylic acids is 1. The van der Waals surface area contributed by atoms with E-state index in [4.69, 9.17) is 32.9 Å². The fourth-order valence-corrected chi connectivity index (χ4v) is 5.93. The summed E-state index contributed by atoms with van der Waals surface area (Å²) in [6, 6.07) is 18.2. The van der Waals surface area contributed by atoms with Crippen molar-refractivity contribution in [2.45, 2.75) is 32.0 Å². The molecule has 8 nitrogen and oxygen atoms in total. The Kier molecular flexibility index (Phi) is 7.99. The highest BCUT2D eigenvalue weighted by Gasteiger charge is 2.26. The fourth-order valence-electron chi connectivity index (χ4n) is 5.45. The van der Waals surface area contributed by atoms with Gasteiger partial charge in [-0.1, -0.05) is 41.4 Å². The van der Waals surface area contributed by atoms with Crippen molar-refractivity contribution in [3.63, 3.8) is 0 Å². The Morgan fingerprint density at radius 2 is 1.78 bits per heavy atom. The summed E-state index contributed by atoms with van der Waals surface area (Å²) in [5.74, 6) is -0.0585. The molecule has 3 heterocycles. The number of aromatic carboxylic acids is 1. The summed E-state index contributed by atoms with van der Waals surface area (Å²) in [4.78, 5) is 34.0. The van der Waals surface area contributed by atoms with Gasteiger partial charge >= 0.3 is 5.97 Å². The fraction of sp³-hybridized carbons (Fsp3) is 0.323. The quantitative estimate of drug-likeness (QED) is 0.295. The summed E-state index contributed by atoms with van der Waals surface area (Å²) in [6.07, 6.45) is 1.71. The average Bonchev–Trinajstić information content (AvgIpc) is 3.28. The molecule has 0 saturated carbocycles. The smallest absolute Gasteiger partial charge is 0.335 e. The second-order valence-electron chi connectivity index (χ2n) is 10.6. The van der Waals surface area contributed by atoms with Gasteiger partial charge in [0.15, 0.2) is 0 Å². The maximum atomic E-state index is 13.4. The van der Waals surface area contributed by atoms with Crippen LogP contribution in [0.3, 0.4) is 0 Å². The second-order valence-corrected chi connectivity index (χ2v) is 11.5. The zero-order valence-electron chi connectivity index (χ0n) is 22.4. The number of rotatable bonds is 8. The highest BCUT2D eigenvalue weighted by molar-refractivity contribution is 6.35. The van der Waals surface area contributed by atoms with Crippen molar-refractivity contribution in [1.82, 2.24) is 19.4 Å². The van der Waals surface area contributed by atoms with Crippen LogP contribution in [0, 0.1) is 0 Å². The number of carbonyl (C=O) groups excluding carboxylic acids is 1. The van der Waals surface area contributed by atoms with Gasteiger partial charge < -0.3 is 19.3 Å². The first kappa shape index (κ1) is 27.7. The first-order valence-corrected chi connectivity index (χ1v) is 14.5. The molecule has 0 spiro atoms. The third-order valence-electron chi connectivity index (χ3n) is 7.86. The molecule has 10 heteroatoms. The number of imidazole rings is 1. The molecule has 3 aromatic carbocycles. The minimum absolute atomic E-state index is 0.0178. The molecule has 0 bridgehead atoms. The van der Waals surface area contributed by atoms with E-state index in [0.717, 1.165) is 54.1 Å². The van der Waals surface area contributed by atoms with Gasteiger partial charge in [0.25, 0.3) is 5.91 Å². The van der Waals surface area contributed by atoms with Crippen LogP contribution in [0.2, 0.25) is 10.0 Å². The molecule has 0 radical (unpaired) electrons. The summed E-state index contributed by atoms with van der Waals surface area (Å²) < 4.78 is 7.77. The van der Waals surface area contributed by atoms with Crippen molar-refractivity contribution in [2.75, 3.05) is 32.8 Å². The molecular formula is C31H30Cl2N4O4. The number of benzene rings is 3. The molecule has 1 N–H and O–H groups in total. The molecule has 0 unspecified atom stereocenters. The van der Waals surface area contributed by atoms with Gasteiger partial charge in [-0.3, -0.25) is 9.69 Å². The van der Waals surface area contributed by atoms with Crippen molar-refractivity contribution in [1.29, 1.82) is 0 Å². The van der Waals surface area contributed by atoms with Crippen molar-refractivity contribution in [3.05, 3.63) is 98.8 Å². The predicted octanol–water partition coefficient (Wildman–Crippen LogP) is 5.38. The molecule has 1 aromatic heterocycles. The Morgan fingerprint density at radius 1 is 0.976 bits per heavy atom. The monoisotopic (exact) mass is 592 g/mol. The van der Waals surface area contributed by atoms with E-state index in [2.05, 4.69) is 9.47 Å². The van der Waals surface area contributed by atoms with Gasteiger partial charge in [0, 0.05) is 48.4 Å². The van der Waals surface area contributed by atoms with Crippen LogP contribution < -0.4 is 0 Å². The van der Waals surface area contributed by atoms with E-state index in [1.54, 1.807) is 24.3 Å². The number of carbonyl (C=O) groups is 2. The number of amides is 1. The third-order valence-corrected chi connectivity index (χ3v) is 8.45. The van der Waals surface area contributed by atoms with Crippen LogP contribution in [0.15, 0.2) is 60.7 Å². The molecule has 2 saturated heterocycles. The maximum absolute atomic E-state index is 13.4. The van der Waals surface area contributed by atoms with E-state index >= 15 is 0 Å². The number of piperazine rings is 1. The number of halogens is 2. The van der Waals surface area contributed by atoms with Crippen LogP contribution in [0.4, 0.5) is 0 Å². The minimum atomic E-state index is -0.957. The molecule has 2 fully saturated rings. The lowest BCUT2D eigenvalue weighted by molar-refractivity contribution is -0.0592. The number of nitrogens with zero attached hydrogens (tertiary/aromatic N) is 4. The number of ether oxygens (including phenoxy) is 1. The number of hydrogen-bond donors (Lipinski definition) is 1. The van der Waals surface area contributed by atoms with Crippen LogP contribution >= 0.6 is 23.2 Å². The number of hydrogen-bond acceptors (Lipinski definition) is 5. The predicted molar refractivity (Wildman–Crippen MR) is 158 cm³/mol. The van der Waals surface area contributed by atoms with Gasteiger partial charge in [0.1, 0.15) is 5.82 Å². The van der Waals surface area contributed by atoms with E-state index in [1.807, 2.05) is 41.3 Å². The Balaban J connectivity index is 1.12. The third kappa shape index (κ3) is 6.11. The van der Waals surface area contributed by atoms with Gasteiger partial charge in [-0.15, -0.1) is 0 Å². The summed E-state index contributed by atoms with van der Waals surface area (Å²) in [7, 11) is 0. The zero-order chi connectivity index (χ0) is 28.5. The van der Waals surface area contributed by atoms with Crippen LogP contribution in [-0.4, -0.2) is 75.2 Å².